The molecule has 3 heterocycles. The maximum Gasteiger partial charge on any atom is 0.325 e. The van der Waals surface area contributed by atoms with E-state index in [4.69, 9.17) is 16.3 Å². The second-order valence-electron chi connectivity index (χ2n) is 6.53. The number of benzene rings is 1. The lowest BCUT2D eigenvalue weighted by atomic mass is 10.00. The smallest absolute Gasteiger partial charge is 0.325 e. The molecule has 1 aromatic heterocycles. The third kappa shape index (κ3) is 3.22. The number of fused-ring (bicyclic) bond motifs is 1. The third-order valence-corrected chi connectivity index (χ3v) is 5.21. The van der Waals surface area contributed by atoms with Crippen LogP contribution in [0.15, 0.2) is 36.5 Å². The molecule has 136 valence electrons. The first kappa shape index (κ1) is 17.1. The van der Waals surface area contributed by atoms with E-state index in [-0.39, 0.29) is 0 Å². The van der Waals surface area contributed by atoms with Crippen LogP contribution < -0.4 is 9.64 Å². The van der Waals surface area contributed by atoms with Gasteiger partial charge in [-0.1, -0.05) is 29.8 Å². The van der Waals surface area contributed by atoms with Crippen LogP contribution in [-0.2, 0) is 11.2 Å². The van der Waals surface area contributed by atoms with Gasteiger partial charge in [-0.15, -0.1) is 0 Å². The summed E-state index contributed by atoms with van der Waals surface area (Å²) >= 11 is 5.90. The standard InChI is InChI=1S/C19H20ClN3O3/c20-14-4-5-16(21-12-14)22-7-9-23(10-8-22)17(19(24)25)15-3-1-2-13-6-11-26-18(13)15/h1-5,12,17H,6-11H2,(H,24,25)/t17-/m0/s1. The number of pyridine rings is 1. The highest BCUT2D eigenvalue weighted by Gasteiger charge is 2.34. The molecule has 0 spiro atoms. The van der Waals surface area contributed by atoms with Gasteiger partial charge in [0.15, 0.2) is 0 Å². The predicted molar refractivity (Wildman–Crippen MR) is 99.1 cm³/mol. The van der Waals surface area contributed by atoms with Crippen LogP contribution in [0.1, 0.15) is 17.2 Å². The molecule has 2 aromatic rings. The molecule has 7 heteroatoms. The van der Waals surface area contributed by atoms with E-state index in [2.05, 4.69) is 9.88 Å². The first-order chi connectivity index (χ1) is 12.6. The number of carboxylic acids is 1. The number of rotatable bonds is 4. The van der Waals surface area contributed by atoms with Crippen LogP contribution in [0.2, 0.25) is 5.02 Å². The van der Waals surface area contributed by atoms with Gasteiger partial charge in [-0.05, 0) is 17.7 Å². The molecule has 2 aliphatic heterocycles. The molecule has 0 bridgehead atoms. The fourth-order valence-electron chi connectivity index (χ4n) is 3.71. The number of para-hydroxylation sites is 1. The summed E-state index contributed by atoms with van der Waals surface area (Å²) in [6.07, 6.45) is 2.47. The van der Waals surface area contributed by atoms with E-state index in [1.54, 1.807) is 6.20 Å². The molecule has 1 N–H and O–H groups in total. The van der Waals surface area contributed by atoms with E-state index >= 15 is 0 Å². The number of hydrogen-bond acceptors (Lipinski definition) is 5. The van der Waals surface area contributed by atoms with Gasteiger partial charge in [-0.3, -0.25) is 9.69 Å². The molecule has 0 unspecified atom stereocenters. The quantitative estimate of drug-likeness (QED) is 0.888. The van der Waals surface area contributed by atoms with E-state index in [1.807, 2.05) is 35.2 Å². The summed E-state index contributed by atoms with van der Waals surface area (Å²) in [5.41, 5.74) is 1.85. The molecule has 0 saturated carbocycles. The maximum absolute atomic E-state index is 12.1. The molecule has 0 aliphatic carbocycles. The van der Waals surface area contributed by atoms with Crippen LogP contribution in [0.4, 0.5) is 5.82 Å². The van der Waals surface area contributed by atoms with Crippen LogP contribution in [0.5, 0.6) is 5.75 Å². The Kier molecular flexibility index (Phi) is 4.70. The Morgan fingerprint density at radius 1 is 1.19 bits per heavy atom. The molecule has 4 rings (SSSR count). The van der Waals surface area contributed by atoms with Crippen molar-refractivity contribution in [3.63, 3.8) is 0 Å². The first-order valence-electron chi connectivity index (χ1n) is 8.71. The Morgan fingerprint density at radius 2 is 2.00 bits per heavy atom. The van der Waals surface area contributed by atoms with Crippen molar-refractivity contribution in [2.45, 2.75) is 12.5 Å². The van der Waals surface area contributed by atoms with Gasteiger partial charge in [0.05, 0.1) is 11.6 Å². The van der Waals surface area contributed by atoms with Crippen molar-refractivity contribution in [3.05, 3.63) is 52.7 Å². The van der Waals surface area contributed by atoms with E-state index in [9.17, 15) is 9.90 Å². The zero-order chi connectivity index (χ0) is 18.1. The van der Waals surface area contributed by atoms with E-state index < -0.39 is 12.0 Å². The summed E-state index contributed by atoms with van der Waals surface area (Å²) in [6.45, 7) is 3.34. The van der Waals surface area contributed by atoms with E-state index in [0.29, 0.717) is 37.8 Å². The maximum atomic E-state index is 12.1. The first-order valence-corrected chi connectivity index (χ1v) is 9.09. The SMILES string of the molecule is O=C(O)[C@H](c1cccc2c1OCC2)N1CCN(c2ccc(Cl)cn2)CC1. The zero-order valence-electron chi connectivity index (χ0n) is 14.3. The molecule has 1 saturated heterocycles. The largest absolute Gasteiger partial charge is 0.493 e. The van der Waals surface area contributed by atoms with Crippen molar-refractivity contribution in [2.75, 3.05) is 37.7 Å². The number of carboxylic acid groups (broad SMARTS) is 1. The van der Waals surface area contributed by atoms with Crippen molar-refractivity contribution in [3.8, 4) is 5.75 Å². The predicted octanol–water partition coefficient (Wildman–Crippen LogP) is 2.62. The van der Waals surface area contributed by atoms with E-state index in [1.165, 1.54) is 0 Å². The molecule has 6 nitrogen and oxygen atoms in total. The van der Waals surface area contributed by atoms with Crippen molar-refractivity contribution in [1.82, 2.24) is 9.88 Å². The van der Waals surface area contributed by atoms with Gasteiger partial charge in [-0.25, -0.2) is 4.98 Å². The summed E-state index contributed by atoms with van der Waals surface area (Å²) in [7, 11) is 0. The van der Waals surface area contributed by atoms with Crippen LogP contribution >= 0.6 is 11.6 Å². The van der Waals surface area contributed by atoms with Gasteiger partial charge in [0, 0.05) is 44.4 Å². The van der Waals surface area contributed by atoms with E-state index in [0.717, 1.165) is 29.1 Å². The van der Waals surface area contributed by atoms with Crippen LogP contribution in [0.3, 0.4) is 0 Å². The van der Waals surface area contributed by atoms with Gasteiger partial charge in [0.25, 0.3) is 0 Å². The highest BCUT2D eigenvalue weighted by Crippen LogP contribution is 2.36. The normalized spacial score (nSPS) is 18.3. The summed E-state index contributed by atoms with van der Waals surface area (Å²) < 4.78 is 5.73. The number of nitrogens with zero attached hydrogens (tertiary/aromatic N) is 3. The lowest BCUT2D eigenvalue weighted by Gasteiger charge is -2.38. The van der Waals surface area contributed by atoms with Gasteiger partial charge >= 0.3 is 5.97 Å². The minimum Gasteiger partial charge on any atom is -0.493 e. The zero-order valence-corrected chi connectivity index (χ0v) is 15.0. The fraction of sp³-hybridized carbons (Fsp3) is 0.368. The third-order valence-electron chi connectivity index (χ3n) is 4.99. The molecule has 26 heavy (non-hydrogen) atoms. The summed E-state index contributed by atoms with van der Waals surface area (Å²) in [5.74, 6) is 0.776. The number of ether oxygens (including phenoxy) is 1. The second kappa shape index (κ2) is 7.13. The lowest BCUT2D eigenvalue weighted by Crippen LogP contribution is -2.49. The number of halogens is 1. The van der Waals surface area contributed by atoms with Crippen molar-refractivity contribution in [1.29, 1.82) is 0 Å². The topological polar surface area (TPSA) is 65.9 Å². The number of carbonyl (C=O) groups is 1. The van der Waals surface area contributed by atoms with Crippen molar-refractivity contribution in [2.24, 2.45) is 0 Å². The molecular weight excluding hydrogens is 354 g/mol. The molecular formula is C19H20ClN3O3. The minimum atomic E-state index is -0.841. The number of hydrogen-bond donors (Lipinski definition) is 1. The summed E-state index contributed by atoms with van der Waals surface area (Å²) in [5, 5.41) is 10.5. The highest BCUT2D eigenvalue weighted by molar-refractivity contribution is 6.30. The fourth-order valence-corrected chi connectivity index (χ4v) is 3.82. The number of aliphatic carboxylic acids is 1. The number of piperazine rings is 1. The molecule has 0 radical (unpaired) electrons. The molecule has 0 amide bonds. The Balaban J connectivity index is 1.52. The summed E-state index contributed by atoms with van der Waals surface area (Å²) in [6, 6.07) is 8.83. The van der Waals surface area contributed by atoms with Crippen LogP contribution in [0.25, 0.3) is 0 Å². The average molecular weight is 374 g/mol. The van der Waals surface area contributed by atoms with Crippen LogP contribution in [0, 0.1) is 0 Å². The monoisotopic (exact) mass is 373 g/mol. The van der Waals surface area contributed by atoms with Gasteiger partial charge in [0.1, 0.15) is 17.6 Å². The molecule has 1 aromatic carbocycles. The average Bonchev–Trinajstić information content (AvgIpc) is 3.13. The van der Waals surface area contributed by atoms with Crippen molar-refractivity contribution < 1.29 is 14.6 Å². The van der Waals surface area contributed by atoms with Gasteiger partial charge in [0.2, 0.25) is 0 Å². The molecule has 1 atom stereocenters. The van der Waals surface area contributed by atoms with Crippen molar-refractivity contribution >= 4 is 23.4 Å². The van der Waals surface area contributed by atoms with Crippen LogP contribution in [-0.4, -0.2) is 53.7 Å². The summed E-state index contributed by atoms with van der Waals surface area (Å²) in [4.78, 5) is 20.6. The Hall–Kier alpha value is -2.31. The van der Waals surface area contributed by atoms with Gasteiger partial charge < -0.3 is 14.7 Å². The Bertz CT molecular complexity index is 804. The number of aromatic nitrogens is 1. The minimum absolute atomic E-state index is 0.608. The second-order valence-corrected chi connectivity index (χ2v) is 6.97. The molecule has 2 aliphatic rings. The Morgan fingerprint density at radius 3 is 2.69 bits per heavy atom. The molecule has 1 fully saturated rings. The Labute approximate surface area is 157 Å². The van der Waals surface area contributed by atoms with Gasteiger partial charge in [-0.2, -0.15) is 0 Å². The number of anilines is 1. The lowest BCUT2D eigenvalue weighted by molar-refractivity contribution is -0.143. The highest BCUT2D eigenvalue weighted by atomic mass is 35.5.